The molecule has 5 rings (SSSR count). The molecule has 40 heavy (non-hydrogen) atoms. The lowest BCUT2D eigenvalue weighted by atomic mass is 10.2. The third-order valence-corrected chi connectivity index (χ3v) is 7.42. The molecule has 1 fully saturated rings. The van der Waals surface area contributed by atoms with Gasteiger partial charge in [0.1, 0.15) is 11.4 Å². The minimum absolute atomic E-state index is 0.809. The molecule has 0 amide bonds. The van der Waals surface area contributed by atoms with Gasteiger partial charge in [-0.15, -0.1) is 0 Å². The molecular weight excluding hydrogens is 500 g/mol. The van der Waals surface area contributed by atoms with Gasteiger partial charge in [-0.1, -0.05) is 10.2 Å². The minimum atomic E-state index is 0.809. The number of imidazole rings is 2. The number of nitrogens with zero attached hydrogens (tertiary/aromatic N) is 10. The molecule has 4 aromatic rings. The van der Waals surface area contributed by atoms with Crippen molar-refractivity contribution in [1.29, 1.82) is 0 Å². The summed E-state index contributed by atoms with van der Waals surface area (Å²) in [6.45, 7) is 10.1. The Bertz CT molecular complexity index is 1400. The maximum atomic E-state index is 4.54. The van der Waals surface area contributed by atoms with Crippen molar-refractivity contribution in [2.45, 2.75) is 39.8 Å². The highest BCUT2D eigenvalue weighted by molar-refractivity contribution is 5.54. The number of anilines is 2. The first-order valence-corrected chi connectivity index (χ1v) is 14.2. The Balaban J connectivity index is 1.16. The molecule has 208 valence electrons. The molecule has 0 aliphatic carbocycles. The van der Waals surface area contributed by atoms with Crippen LogP contribution in [-0.2, 0) is 27.2 Å². The van der Waals surface area contributed by atoms with Crippen LogP contribution in [0.5, 0.6) is 0 Å². The summed E-state index contributed by atoms with van der Waals surface area (Å²) in [5.74, 6) is 1.69. The molecule has 10 heteroatoms. The molecular formula is C30H40N10+2. The van der Waals surface area contributed by atoms with E-state index in [1.807, 2.05) is 47.8 Å². The molecule has 1 saturated heterocycles. The highest BCUT2D eigenvalue weighted by atomic mass is 15.3. The van der Waals surface area contributed by atoms with Gasteiger partial charge in [0.05, 0.1) is 52.0 Å². The zero-order valence-corrected chi connectivity index (χ0v) is 24.1. The predicted molar refractivity (Wildman–Crippen MR) is 157 cm³/mol. The van der Waals surface area contributed by atoms with Gasteiger partial charge in [0.15, 0.2) is 0 Å². The first-order chi connectivity index (χ1) is 19.6. The van der Waals surface area contributed by atoms with E-state index in [1.54, 1.807) is 0 Å². The van der Waals surface area contributed by atoms with Crippen LogP contribution >= 0.6 is 0 Å². The molecule has 0 N–H and O–H groups in total. The topological polar surface area (TPSA) is 73.5 Å². The van der Waals surface area contributed by atoms with Crippen molar-refractivity contribution in [1.82, 2.24) is 9.13 Å². The van der Waals surface area contributed by atoms with Gasteiger partial charge in [-0.3, -0.25) is 0 Å². The van der Waals surface area contributed by atoms with E-state index in [2.05, 4.69) is 102 Å². The Morgan fingerprint density at radius 2 is 1.20 bits per heavy atom. The van der Waals surface area contributed by atoms with Gasteiger partial charge in [0.2, 0.25) is 0 Å². The zero-order chi connectivity index (χ0) is 27.9. The van der Waals surface area contributed by atoms with Gasteiger partial charge in [-0.25, -0.2) is 18.3 Å². The molecule has 0 saturated carbocycles. The summed E-state index contributed by atoms with van der Waals surface area (Å²) in [5, 5.41) is 17.9. The Kier molecular flexibility index (Phi) is 8.63. The average Bonchev–Trinajstić information content (AvgIpc) is 3.52. The molecule has 0 bridgehead atoms. The Hall–Kier alpha value is -4.34. The molecule has 3 heterocycles. The van der Waals surface area contributed by atoms with Gasteiger partial charge in [-0.2, -0.15) is 0 Å². The number of aromatic nitrogens is 4. The van der Waals surface area contributed by atoms with E-state index in [1.165, 1.54) is 11.4 Å². The predicted octanol–water partition coefficient (Wildman–Crippen LogP) is 5.92. The van der Waals surface area contributed by atoms with Crippen LogP contribution in [0, 0.1) is 0 Å². The summed E-state index contributed by atoms with van der Waals surface area (Å²) >= 11 is 0. The Morgan fingerprint density at radius 1 is 0.675 bits per heavy atom. The zero-order valence-electron chi connectivity index (χ0n) is 24.1. The summed E-state index contributed by atoms with van der Waals surface area (Å²) in [7, 11) is 3.94. The van der Waals surface area contributed by atoms with Crippen LogP contribution in [0.3, 0.4) is 0 Å². The SMILES string of the molecule is CCn1cc[n+](CC)c1N=Nc1ccc(N2CCCN(c3ccc(N=Nc4n(C)cc[n+]4C)cc3)CCC2)cc1. The van der Waals surface area contributed by atoms with Crippen LogP contribution < -0.4 is 18.9 Å². The standard InChI is InChI=1S/C30H40N10/c1-5-37-23-24-38(6-2)30(37)34-32-26-11-15-28(16-12-26)40-19-7-17-39(18-8-20-40)27-13-9-25(10-14-27)31-33-29-35(3)21-22-36(29)4/h9-16,21-24H,5-8,17-20H2,1-4H3/q+2. The highest BCUT2D eigenvalue weighted by Crippen LogP contribution is 2.25. The van der Waals surface area contributed by atoms with Gasteiger partial charge in [-0.05, 0) is 75.2 Å². The van der Waals surface area contributed by atoms with E-state index < -0.39 is 0 Å². The van der Waals surface area contributed by atoms with Crippen molar-refractivity contribution >= 4 is 34.6 Å². The highest BCUT2D eigenvalue weighted by Gasteiger charge is 2.16. The van der Waals surface area contributed by atoms with Crippen molar-refractivity contribution < 1.29 is 9.13 Å². The molecule has 0 spiro atoms. The normalized spacial score (nSPS) is 14.8. The maximum absolute atomic E-state index is 4.54. The number of aryl methyl sites for hydroxylation is 4. The van der Waals surface area contributed by atoms with E-state index in [9.17, 15) is 0 Å². The molecule has 2 aromatic heterocycles. The first-order valence-electron chi connectivity index (χ1n) is 14.2. The van der Waals surface area contributed by atoms with E-state index in [0.717, 1.165) is 75.4 Å². The van der Waals surface area contributed by atoms with Gasteiger partial charge in [0.25, 0.3) is 0 Å². The van der Waals surface area contributed by atoms with Gasteiger partial charge >= 0.3 is 11.9 Å². The third-order valence-electron chi connectivity index (χ3n) is 7.42. The quantitative estimate of drug-likeness (QED) is 0.206. The lowest BCUT2D eigenvalue weighted by molar-refractivity contribution is -0.680. The smallest absolute Gasteiger partial charge is 0.371 e. The number of benzene rings is 2. The fraction of sp³-hybridized carbons (Fsp3) is 0.400. The molecule has 1 aliphatic heterocycles. The molecule has 0 radical (unpaired) electrons. The molecule has 10 nitrogen and oxygen atoms in total. The second-order valence-electron chi connectivity index (χ2n) is 10.1. The fourth-order valence-electron chi connectivity index (χ4n) is 5.10. The van der Waals surface area contributed by atoms with Crippen LogP contribution in [-0.4, -0.2) is 35.3 Å². The number of hydrogen-bond donors (Lipinski definition) is 0. The molecule has 1 aliphatic rings. The lowest BCUT2D eigenvalue weighted by Gasteiger charge is -2.33. The average molecular weight is 541 g/mol. The van der Waals surface area contributed by atoms with Gasteiger partial charge in [0, 0.05) is 47.8 Å². The fourth-order valence-corrected chi connectivity index (χ4v) is 5.10. The van der Waals surface area contributed by atoms with Crippen LogP contribution in [0.2, 0.25) is 0 Å². The maximum Gasteiger partial charge on any atom is 0.421 e. The van der Waals surface area contributed by atoms with Crippen molar-refractivity contribution in [3.63, 3.8) is 0 Å². The number of azo groups is 2. The van der Waals surface area contributed by atoms with Crippen LogP contribution in [0.15, 0.2) is 93.8 Å². The summed E-state index contributed by atoms with van der Waals surface area (Å²) in [5.41, 5.74) is 4.21. The second-order valence-corrected chi connectivity index (χ2v) is 10.1. The van der Waals surface area contributed by atoms with Crippen molar-refractivity contribution in [2.24, 2.45) is 34.6 Å². The molecule has 0 atom stereocenters. The lowest BCUT2D eigenvalue weighted by Crippen LogP contribution is -2.36. The molecule has 2 aromatic carbocycles. The Labute approximate surface area is 236 Å². The van der Waals surface area contributed by atoms with E-state index >= 15 is 0 Å². The van der Waals surface area contributed by atoms with Crippen molar-refractivity contribution in [2.75, 3.05) is 36.0 Å². The van der Waals surface area contributed by atoms with Crippen LogP contribution in [0.1, 0.15) is 26.7 Å². The van der Waals surface area contributed by atoms with E-state index in [0.29, 0.717) is 0 Å². The first kappa shape index (κ1) is 27.2. The number of rotatable bonds is 8. The van der Waals surface area contributed by atoms with Crippen molar-refractivity contribution in [3.8, 4) is 0 Å². The van der Waals surface area contributed by atoms with Crippen LogP contribution in [0.4, 0.5) is 34.6 Å². The van der Waals surface area contributed by atoms with Crippen molar-refractivity contribution in [3.05, 3.63) is 73.3 Å². The second kappa shape index (κ2) is 12.7. The number of hydrogen-bond acceptors (Lipinski definition) is 6. The minimum Gasteiger partial charge on any atom is -0.371 e. The van der Waals surface area contributed by atoms with Crippen LogP contribution in [0.25, 0.3) is 0 Å². The monoisotopic (exact) mass is 540 g/mol. The summed E-state index contributed by atoms with van der Waals surface area (Å²) in [6, 6.07) is 16.9. The van der Waals surface area contributed by atoms with E-state index in [-0.39, 0.29) is 0 Å². The van der Waals surface area contributed by atoms with Gasteiger partial charge < -0.3 is 9.80 Å². The molecule has 0 unspecified atom stereocenters. The summed E-state index contributed by atoms with van der Waals surface area (Å²) < 4.78 is 8.12. The Morgan fingerprint density at radius 3 is 1.65 bits per heavy atom. The summed E-state index contributed by atoms with van der Waals surface area (Å²) in [4.78, 5) is 4.96. The third kappa shape index (κ3) is 6.27. The van der Waals surface area contributed by atoms with E-state index in [4.69, 9.17) is 0 Å². The largest absolute Gasteiger partial charge is 0.421 e. The summed E-state index contributed by atoms with van der Waals surface area (Å²) in [6.07, 6.45) is 10.2.